The molecule has 222 valence electrons. The van der Waals surface area contributed by atoms with Gasteiger partial charge in [-0.25, -0.2) is 21.1 Å². The first-order valence-corrected chi connectivity index (χ1v) is 17.9. The monoisotopic (exact) mass is 725 g/mol. The van der Waals surface area contributed by atoms with Crippen molar-refractivity contribution in [2.24, 2.45) is 5.41 Å². The average molecular weight is 726 g/mol. The Bertz CT molecular complexity index is 1980. The molecule has 1 aliphatic heterocycles. The van der Waals surface area contributed by atoms with Crippen LogP contribution in [0.1, 0.15) is 40.3 Å². The Balaban J connectivity index is 1.83. The van der Waals surface area contributed by atoms with Gasteiger partial charge in [-0.1, -0.05) is 76.9 Å². The maximum absolute atomic E-state index is 14.8. The molecule has 1 atom stereocenters. The minimum Gasteiger partial charge on any atom is -0.272 e. The van der Waals surface area contributed by atoms with Gasteiger partial charge in [-0.15, -0.1) is 0 Å². The number of amides is 1. The molecule has 0 aromatic heterocycles. The highest BCUT2D eigenvalue weighted by Crippen LogP contribution is 2.53. The summed E-state index contributed by atoms with van der Waals surface area (Å²) in [7, 11) is -8.46. The second-order valence-electron chi connectivity index (χ2n) is 11.4. The van der Waals surface area contributed by atoms with Crippen molar-refractivity contribution >= 4 is 63.2 Å². The van der Waals surface area contributed by atoms with Crippen molar-refractivity contribution < 1.29 is 21.6 Å². The van der Waals surface area contributed by atoms with Crippen LogP contribution in [0.5, 0.6) is 0 Å². The molecule has 6 nitrogen and oxygen atoms in total. The summed E-state index contributed by atoms with van der Waals surface area (Å²) < 4.78 is 58.0. The van der Waals surface area contributed by atoms with E-state index in [9.17, 15) is 21.6 Å². The second kappa shape index (κ2) is 11.3. The van der Waals surface area contributed by atoms with Crippen LogP contribution in [0.15, 0.2) is 101 Å². The van der Waals surface area contributed by atoms with Gasteiger partial charge < -0.3 is 0 Å². The summed E-state index contributed by atoms with van der Waals surface area (Å²) in [6, 6.07) is 25.7. The normalized spacial score (nSPS) is 18.4. The van der Waals surface area contributed by atoms with Crippen LogP contribution in [0, 0.1) is 33.1 Å². The number of benzene rings is 4. The van der Waals surface area contributed by atoms with Gasteiger partial charge in [-0.3, -0.25) is 4.79 Å². The summed E-state index contributed by atoms with van der Waals surface area (Å²) in [5, 5.41) is 0. The largest absolute Gasteiger partial charge is 0.272 e. The summed E-state index contributed by atoms with van der Waals surface area (Å²) in [4.78, 5) is 14.8. The standard InChI is InChI=1S/C34H32INO5S2/c1-22-6-13-26(14-7-22)32(35)31-29-20-25(4)12-19-30(29)36(43(40,41)28-17-10-24(3)11-18-28)33(37)34(31,5)21-42(38,39)27-15-8-23(2)9-16-27/h6-20H,21H2,1-5H3/b32-31-. The molecule has 9 heteroatoms. The lowest BCUT2D eigenvalue weighted by Gasteiger charge is -2.42. The highest BCUT2D eigenvalue weighted by Gasteiger charge is 2.53. The highest BCUT2D eigenvalue weighted by molar-refractivity contribution is 14.1. The van der Waals surface area contributed by atoms with Gasteiger partial charge in [0.1, 0.15) is 0 Å². The molecule has 5 rings (SSSR count). The van der Waals surface area contributed by atoms with E-state index in [4.69, 9.17) is 0 Å². The Labute approximate surface area is 267 Å². The molecule has 0 aliphatic carbocycles. The van der Waals surface area contributed by atoms with Crippen LogP contribution < -0.4 is 4.31 Å². The van der Waals surface area contributed by atoms with E-state index in [1.807, 2.05) is 58.0 Å². The van der Waals surface area contributed by atoms with E-state index in [0.717, 1.165) is 32.1 Å². The minimum atomic E-state index is -4.41. The molecule has 4 aromatic carbocycles. The quantitative estimate of drug-likeness (QED) is 0.193. The third-order valence-corrected chi connectivity index (χ3v) is 12.6. The number of fused-ring (bicyclic) bond motifs is 1. The third-order valence-electron chi connectivity index (χ3n) is 7.79. The number of hydrogen-bond donors (Lipinski definition) is 0. The molecule has 4 aromatic rings. The summed E-state index contributed by atoms with van der Waals surface area (Å²) in [6.45, 7) is 9.11. The number of sulfonamides is 1. The summed E-state index contributed by atoms with van der Waals surface area (Å²) in [5.41, 5.74) is 3.87. The number of hydrogen-bond acceptors (Lipinski definition) is 5. The van der Waals surface area contributed by atoms with E-state index < -0.39 is 36.9 Å². The van der Waals surface area contributed by atoms with Gasteiger partial charge in [0.15, 0.2) is 9.84 Å². The number of carbonyl (C=O) groups is 1. The van der Waals surface area contributed by atoms with Crippen molar-refractivity contribution in [3.05, 3.63) is 124 Å². The summed E-state index contributed by atoms with van der Waals surface area (Å²) in [6.07, 6.45) is 0. The molecule has 0 bridgehead atoms. The SMILES string of the molecule is Cc1ccc(/C(I)=C2\c3cc(C)ccc3N(S(=O)(=O)c3ccc(C)cc3)C(=O)C2(C)CS(=O)(=O)c2ccc(C)cc2)cc1. The van der Waals surface area contributed by atoms with Crippen LogP contribution in [0.3, 0.4) is 0 Å². The van der Waals surface area contributed by atoms with E-state index in [-0.39, 0.29) is 15.5 Å². The lowest BCUT2D eigenvalue weighted by Crippen LogP contribution is -2.52. The zero-order valence-electron chi connectivity index (χ0n) is 24.6. The Kier molecular flexibility index (Phi) is 8.21. The van der Waals surface area contributed by atoms with Gasteiger partial charge in [-0.05, 0) is 105 Å². The van der Waals surface area contributed by atoms with Crippen molar-refractivity contribution in [3.63, 3.8) is 0 Å². The number of aryl methyl sites for hydroxylation is 4. The maximum atomic E-state index is 14.8. The Morgan fingerprint density at radius 1 is 0.698 bits per heavy atom. The number of halogens is 1. The van der Waals surface area contributed by atoms with Gasteiger partial charge >= 0.3 is 0 Å². The fraction of sp³-hybridized carbons (Fsp3) is 0.206. The zero-order valence-corrected chi connectivity index (χ0v) is 28.3. The predicted octanol–water partition coefficient (Wildman–Crippen LogP) is 7.44. The summed E-state index contributed by atoms with van der Waals surface area (Å²) >= 11 is 2.16. The molecule has 43 heavy (non-hydrogen) atoms. The van der Waals surface area contributed by atoms with Crippen LogP contribution in [0.2, 0.25) is 0 Å². The number of carbonyl (C=O) groups excluding carboxylic acids is 1. The summed E-state index contributed by atoms with van der Waals surface area (Å²) in [5.74, 6) is -1.44. The van der Waals surface area contributed by atoms with Crippen molar-refractivity contribution in [2.75, 3.05) is 10.1 Å². The molecule has 0 spiro atoms. The van der Waals surface area contributed by atoms with Gasteiger partial charge in [0.05, 0.1) is 26.6 Å². The molecule has 0 saturated heterocycles. The maximum Gasteiger partial charge on any atom is 0.270 e. The Hall–Kier alpha value is -3.28. The fourth-order valence-corrected chi connectivity index (χ4v) is 9.89. The van der Waals surface area contributed by atoms with E-state index in [0.29, 0.717) is 14.7 Å². The van der Waals surface area contributed by atoms with Gasteiger partial charge in [0, 0.05) is 9.14 Å². The number of rotatable bonds is 6. The first kappa shape index (κ1) is 31.2. The second-order valence-corrected chi connectivity index (χ2v) is 16.2. The number of sulfone groups is 1. The average Bonchev–Trinajstić information content (AvgIpc) is 2.94. The lowest BCUT2D eigenvalue weighted by molar-refractivity contribution is -0.122. The van der Waals surface area contributed by atoms with Crippen LogP contribution in [-0.4, -0.2) is 28.5 Å². The molecule has 1 aliphatic rings. The molecule has 0 fully saturated rings. The van der Waals surface area contributed by atoms with E-state index >= 15 is 0 Å². The van der Waals surface area contributed by atoms with Crippen LogP contribution in [0.4, 0.5) is 5.69 Å². The van der Waals surface area contributed by atoms with E-state index in [2.05, 4.69) is 22.6 Å². The smallest absolute Gasteiger partial charge is 0.270 e. The number of nitrogens with zero attached hydrogens (tertiary/aromatic N) is 1. The molecular formula is C34H32INO5S2. The third kappa shape index (κ3) is 5.70. The van der Waals surface area contributed by atoms with E-state index in [1.165, 1.54) is 24.3 Å². The number of anilines is 1. The van der Waals surface area contributed by atoms with Crippen molar-refractivity contribution in [1.82, 2.24) is 0 Å². The van der Waals surface area contributed by atoms with Crippen LogP contribution in [0.25, 0.3) is 9.15 Å². The first-order chi connectivity index (χ1) is 20.1. The van der Waals surface area contributed by atoms with Crippen LogP contribution in [-0.2, 0) is 24.7 Å². The van der Waals surface area contributed by atoms with Crippen molar-refractivity contribution in [3.8, 4) is 0 Å². The molecular weight excluding hydrogens is 693 g/mol. The molecule has 1 heterocycles. The lowest BCUT2D eigenvalue weighted by atomic mass is 9.75. The first-order valence-electron chi connectivity index (χ1n) is 13.7. The highest BCUT2D eigenvalue weighted by atomic mass is 127. The fourth-order valence-electron chi connectivity index (χ4n) is 5.37. The van der Waals surface area contributed by atoms with Gasteiger partial charge in [0.2, 0.25) is 0 Å². The Morgan fingerprint density at radius 2 is 1.16 bits per heavy atom. The van der Waals surface area contributed by atoms with Gasteiger partial charge in [-0.2, -0.15) is 0 Å². The topological polar surface area (TPSA) is 88.6 Å². The van der Waals surface area contributed by atoms with Crippen molar-refractivity contribution in [1.29, 1.82) is 0 Å². The zero-order chi connectivity index (χ0) is 31.3. The molecule has 0 saturated carbocycles. The Morgan fingerprint density at radius 3 is 1.70 bits per heavy atom. The van der Waals surface area contributed by atoms with Crippen molar-refractivity contribution in [2.45, 2.75) is 44.4 Å². The predicted molar refractivity (Wildman–Crippen MR) is 180 cm³/mol. The molecule has 1 unspecified atom stereocenters. The molecule has 0 radical (unpaired) electrons. The minimum absolute atomic E-state index is 0.0534. The van der Waals surface area contributed by atoms with E-state index in [1.54, 1.807) is 43.3 Å². The molecule has 1 amide bonds. The molecule has 0 N–H and O–H groups in total. The van der Waals surface area contributed by atoms with Crippen LogP contribution >= 0.6 is 22.6 Å². The van der Waals surface area contributed by atoms with Gasteiger partial charge in [0.25, 0.3) is 15.9 Å².